The van der Waals surface area contributed by atoms with Crippen LogP contribution in [-0.2, 0) is 9.59 Å². The van der Waals surface area contributed by atoms with Crippen molar-refractivity contribution in [2.24, 2.45) is 0 Å². The third-order valence-electron chi connectivity index (χ3n) is 3.38. The number of urea groups is 1. The number of carbonyl (C=O) groups is 3. The lowest BCUT2D eigenvalue weighted by atomic mass is 10.1. The molecule has 0 unspecified atom stereocenters. The van der Waals surface area contributed by atoms with Crippen molar-refractivity contribution in [1.82, 2.24) is 10.2 Å². The zero-order chi connectivity index (χ0) is 18.8. The summed E-state index contributed by atoms with van der Waals surface area (Å²) in [5.41, 5.74) is -0.751. The number of hydrogen-bond donors (Lipinski definition) is 2. The molecule has 1 aliphatic heterocycles. The van der Waals surface area contributed by atoms with Crippen LogP contribution in [0.15, 0.2) is 24.3 Å². The Balaban J connectivity index is 1.86. The number of rotatable bonds is 5. The molecule has 0 bridgehead atoms. The average molecular weight is 359 g/mol. The molecule has 0 aliphatic carbocycles. The van der Waals surface area contributed by atoms with E-state index in [4.69, 9.17) is 0 Å². The zero-order valence-corrected chi connectivity index (χ0v) is 13.4. The molecule has 1 aliphatic rings. The SMILES string of the molecule is CC1(C)NC(=O)N(CCC(=O)Nc2ccc(OC(F)(F)F)cc2)C1=O. The van der Waals surface area contributed by atoms with E-state index in [1.165, 1.54) is 12.1 Å². The second-order valence-corrected chi connectivity index (χ2v) is 5.88. The maximum atomic E-state index is 12.1. The van der Waals surface area contributed by atoms with E-state index in [2.05, 4.69) is 15.4 Å². The number of ether oxygens (including phenoxy) is 1. The van der Waals surface area contributed by atoms with Gasteiger partial charge in [-0.15, -0.1) is 13.2 Å². The van der Waals surface area contributed by atoms with Crippen molar-refractivity contribution in [2.75, 3.05) is 11.9 Å². The summed E-state index contributed by atoms with van der Waals surface area (Å²) in [6.45, 7) is 3.00. The monoisotopic (exact) mass is 359 g/mol. The van der Waals surface area contributed by atoms with Gasteiger partial charge in [-0.1, -0.05) is 0 Å². The van der Waals surface area contributed by atoms with E-state index in [0.717, 1.165) is 17.0 Å². The highest BCUT2D eigenvalue weighted by molar-refractivity contribution is 6.06. The van der Waals surface area contributed by atoms with Gasteiger partial charge < -0.3 is 15.4 Å². The predicted octanol–water partition coefficient (Wildman–Crippen LogP) is 2.24. The van der Waals surface area contributed by atoms with Gasteiger partial charge in [-0.3, -0.25) is 14.5 Å². The van der Waals surface area contributed by atoms with E-state index in [1.807, 2.05) is 0 Å². The van der Waals surface area contributed by atoms with Gasteiger partial charge in [0.05, 0.1) is 0 Å². The van der Waals surface area contributed by atoms with Crippen molar-refractivity contribution in [2.45, 2.75) is 32.2 Å². The number of imide groups is 1. The van der Waals surface area contributed by atoms with Crippen molar-refractivity contribution in [3.63, 3.8) is 0 Å². The third kappa shape index (κ3) is 4.85. The number of amides is 4. The first-order valence-corrected chi connectivity index (χ1v) is 7.28. The second kappa shape index (κ2) is 6.61. The number of hydrogen-bond acceptors (Lipinski definition) is 4. The Bertz CT molecular complexity index is 686. The maximum Gasteiger partial charge on any atom is 0.573 e. The maximum absolute atomic E-state index is 12.1. The van der Waals surface area contributed by atoms with Crippen LogP contribution in [0.2, 0.25) is 0 Å². The minimum atomic E-state index is -4.79. The molecule has 1 fully saturated rings. The Morgan fingerprint density at radius 3 is 2.32 bits per heavy atom. The zero-order valence-electron chi connectivity index (χ0n) is 13.4. The molecule has 0 spiro atoms. The Morgan fingerprint density at radius 1 is 1.24 bits per heavy atom. The lowest BCUT2D eigenvalue weighted by molar-refractivity contribution is -0.274. The fourth-order valence-corrected chi connectivity index (χ4v) is 2.20. The topological polar surface area (TPSA) is 87.7 Å². The van der Waals surface area contributed by atoms with Crippen LogP contribution in [-0.4, -0.2) is 41.2 Å². The average Bonchev–Trinajstić information content (AvgIpc) is 2.66. The summed E-state index contributed by atoms with van der Waals surface area (Å²) in [6, 6.07) is 4.04. The standard InChI is InChI=1S/C15H16F3N3O4/c1-14(2)12(23)21(13(24)20-14)8-7-11(22)19-9-3-5-10(6-4-9)25-15(16,17)18/h3-6H,7-8H2,1-2H3,(H,19,22)(H,20,24). The van der Waals surface area contributed by atoms with Gasteiger partial charge in [-0.05, 0) is 38.1 Å². The van der Waals surface area contributed by atoms with Crippen LogP contribution >= 0.6 is 0 Å². The van der Waals surface area contributed by atoms with Crippen LogP contribution in [0.25, 0.3) is 0 Å². The molecule has 7 nitrogen and oxygen atoms in total. The molecule has 10 heteroatoms. The number of alkyl halides is 3. The summed E-state index contributed by atoms with van der Waals surface area (Å²) in [4.78, 5) is 36.5. The molecule has 2 N–H and O–H groups in total. The Labute approximate surface area is 141 Å². The molecule has 2 rings (SSSR count). The van der Waals surface area contributed by atoms with Gasteiger partial charge in [0.25, 0.3) is 5.91 Å². The quantitative estimate of drug-likeness (QED) is 0.790. The van der Waals surface area contributed by atoms with Gasteiger partial charge in [-0.25, -0.2) is 4.79 Å². The summed E-state index contributed by atoms with van der Waals surface area (Å²) in [7, 11) is 0. The van der Waals surface area contributed by atoms with E-state index >= 15 is 0 Å². The number of anilines is 1. The smallest absolute Gasteiger partial charge is 0.406 e. The minimum Gasteiger partial charge on any atom is -0.406 e. The van der Waals surface area contributed by atoms with Crippen molar-refractivity contribution < 1.29 is 32.3 Å². The molecule has 1 saturated heterocycles. The Hall–Kier alpha value is -2.78. The molecule has 4 amide bonds. The lowest BCUT2D eigenvalue weighted by Gasteiger charge is -2.15. The molecule has 25 heavy (non-hydrogen) atoms. The summed E-state index contributed by atoms with van der Waals surface area (Å²) >= 11 is 0. The van der Waals surface area contributed by atoms with Crippen molar-refractivity contribution in [3.8, 4) is 5.75 Å². The highest BCUT2D eigenvalue weighted by atomic mass is 19.4. The van der Waals surface area contributed by atoms with Gasteiger partial charge in [0.2, 0.25) is 5.91 Å². The highest BCUT2D eigenvalue weighted by Gasteiger charge is 2.44. The van der Waals surface area contributed by atoms with Crippen molar-refractivity contribution in [1.29, 1.82) is 0 Å². The molecule has 0 radical (unpaired) electrons. The van der Waals surface area contributed by atoms with E-state index in [0.29, 0.717) is 0 Å². The van der Waals surface area contributed by atoms with Gasteiger partial charge in [0.1, 0.15) is 11.3 Å². The van der Waals surface area contributed by atoms with Gasteiger partial charge in [0.15, 0.2) is 0 Å². The Morgan fingerprint density at radius 2 is 1.84 bits per heavy atom. The van der Waals surface area contributed by atoms with Gasteiger partial charge in [-0.2, -0.15) is 0 Å². The molecular weight excluding hydrogens is 343 g/mol. The highest BCUT2D eigenvalue weighted by Crippen LogP contribution is 2.24. The molecule has 1 aromatic rings. The van der Waals surface area contributed by atoms with E-state index in [-0.39, 0.29) is 18.7 Å². The molecule has 136 valence electrons. The van der Waals surface area contributed by atoms with Crippen LogP contribution in [0.4, 0.5) is 23.7 Å². The number of carbonyl (C=O) groups excluding carboxylic acids is 3. The van der Waals surface area contributed by atoms with Crippen LogP contribution in [0.1, 0.15) is 20.3 Å². The number of halogens is 3. The first-order valence-electron chi connectivity index (χ1n) is 7.28. The molecule has 0 aromatic heterocycles. The molecule has 1 heterocycles. The number of nitrogens with one attached hydrogen (secondary N) is 2. The first-order chi connectivity index (χ1) is 11.5. The molecule has 1 aromatic carbocycles. The summed E-state index contributed by atoms with van der Waals surface area (Å²) in [5.74, 6) is -1.33. The summed E-state index contributed by atoms with van der Waals surface area (Å²) in [6.07, 6.45) is -4.93. The first kappa shape index (κ1) is 18.6. The van der Waals surface area contributed by atoms with Crippen LogP contribution in [0.3, 0.4) is 0 Å². The van der Waals surface area contributed by atoms with E-state index < -0.39 is 35.5 Å². The lowest BCUT2D eigenvalue weighted by Crippen LogP contribution is -2.40. The van der Waals surface area contributed by atoms with E-state index in [9.17, 15) is 27.6 Å². The second-order valence-electron chi connectivity index (χ2n) is 5.88. The number of nitrogens with zero attached hydrogens (tertiary/aromatic N) is 1. The van der Waals surface area contributed by atoms with E-state index in [1.54, 1.807) is 13.8 Å². The third-order valence-corrected chi connectivity index (χ3v) is 3.38. The van der Waals surface area contributed by atoms with Crippen LogP contribution < -0.4 is 15.4 Å². The van der Waals surface area contributed by atoms with Crippen LogP contribution in [0.5, 0.6) is 5.75 Å². The fourth-order valence-electron chi connectivity index (χ4n) is 2.20. The summed E-state index contributed by atoms with van der Waals surface area (Å²) < 4.78 is 39.9. The fraction of sp³-hybridized carbons (Fsp3) is 0.400. The molecule has 0 saturated carbocycles. The normalized spacial score (nSPS) is 16.6. The van der Waals surface area contributed by atoms with Gasteiger partial charge >= 0.3 is 12.4 Å². The summed E-state index contributed by atoms with van der Waals surface area (Å²) in [5, 5.41) is 4.95. The predicted molar refractivity (Wildman–Crippen MR) is 80.7 cm³/mol. The number of benzene rings is 1. The largest absolute Gasteiger partial charge is 0.573 e. The minimum absolute atomic E-state index is 0.102. The van der Waals surface area contributed by atoms with Crippen molar-refractivity contribution in [3.05, 3.63) is 24.3 Å². The Kier molecular flexibility index (Phi) is 4.91. The molecule has 0 atom stereocenters. The van der Waals surface area contributed by atoms with Crippen LogP contribution in [0, 0.1) is 0 Å². The van der Waals surface area contributed by atoms with Crippen molar-refractivity contribution >= 4 is 23.5 Å². The van der Waals surface area contributed by atoms with Gasteiger partial charge in [0, 0.05) is 18.7 Å². The molecular formula is C15H16F3N3O4.